The molecular formula is C14H13N3O2. The van der Waals surface area contributed by atoms with E-state index in [4.69, 9.17) is 10.5 Å². The molecular weight excluding hydrogens is 242 g/mol. The zero-order chi connectivity index (χ0) is 13.4. The molecule has 0 spiro atoms. The van der Waals surface area contributed by atoms with Gasteiger partial charge >= 0.3 is 6.03 Å². The van der Waals surface area contributed by atoms with Gasteiger partial charge in [-0.1, -0.05) is 18.2 Å². The summed E-state index contributed by atoms with van der Waals surface area (Å²) in [5.41, 5.74) is 7.15. The van der Waals surface area contributed by atoms with Gasteiger partial charge in [-0.15, -0.1) is 0 Å². The first-order chi connectivity index (χ1) is 9.18. The van der Waals surface area contributed by atoms with Crippen LogP contribution in [0.3, 0.4) is 0 Å². The number of urea groups is 1. The lowest BCUT2D eigenvalue weighted by molar-refractivity contribution is 0.204. The van der Waals surface area contributed by atoms with Crippen LogP contribution in [0.1, 0.15) is 17.2 Å². The Bertz CT molecular complexity index is 597. The third-order valence-corrected chi connectivity index (χ3v) is 3.25. The van der Waals surface area contributed by atoms with Crippen molar-refractivity contribution in [2.24, 2.45) is 5.73 Å². The summed E-state index contributed by atoms with van der Waals surface area (Å²) >= 11 is 0. The summed E-state index contributed by atoms with van der Waals surface area (Å²) in [6.07, 6.45) is 1.66. The van der Waals surface area contributed by atoms with E-state index in [9.17, 15) is 4.79 Å². The average Bonchev–Trinajstić information content (AvgIpc) is 2.43. The van der Waals surface area contributed by atoms with Gasteiger partial charge in [0, 0.05) is 24.4 Å². The summed E-state index contributed by atoms with van der Waals surface area (Å²) in [7, 11) is 1.67. The van der Waals surface area contributed by atoms with Crippen LogP contribution in [0.4, 0.5) is 4.79 Å². The van der Waals surface area contributed by atoms with Crippen molar-refractivity contribution < 1.29 is 9.53 Å². The normalized spacial score (nSPS) is 15.9. The van der Waals surface area contributed by atoms with E-state index in [1.54, 1.807) is 13.2 Å². The molecule has 5 nitrogen and oxygen atoms in total. The van der Waals surface area contributed by atoms with Crippen LogP contribution in [0.5, 0.6) is 11.6 Å². The van der Waals surface area contributed by atoms with Crippen LogP contribution in [-0.2, 0) is 0 Å². The second kappa shape index (κ2) is 4.28. The van der Waals surface area contributed by atoms with Crippen molar-refractivity contribution in [2.75, 3.05) is 7.05 Å². The number of benzene rings is 1. The van der Waals surface area contributed by atoms with Crippen molar-refractivity contribution in [1.29, 1.82) is 0 Å². The van der Waals surface area contributed by atoms with Gasteiger partial charge in [-0.25, -0.2) is 9.78 Å². The topological polar surface area (TPSA) is 68.5 Å². The molecule has 0 bridgehead atoms. The van der Waals surface area contributed by atoms with Crippen LogP contribution in [0, 0.1) is 0 Å². The Kier molecular flexibility index (Phi) is 2.59. The number of aromatic nitrogens is 1. The summed E-state index contributed by atoms with van der Waals surface area (Å²) < 4.78 is 5.75. The predicted octanol–water partition coefficient (Wildman–Crippen LogP) is 2.29. The van der Waals surface area contributed by atoms with Crippen molar-refractivity contribution in [3.05, 3.63) is 53.7 Å². The maximum absolute atomic E-state index is 11.5. The molecule has 0 saturated carbocycles. The Morgan fingerprint density at radius 3 is 2.79 bits per heavy atom. The molecule has 96 valence electrons. The molecule has 0 fully saturated rings. The second-order valence-corrected chi connectivity index (χ2v) is 4.39. The first-order valence-electron chi connectivity index (χ1n) is 5.92. The van der Waals surface area contributed by atoms with Crippen molar-refractivity contribution in [3.8, 4) is 11.6 Å². The number of fused-ring (bicyclic) bond motifs is 2. The van der Waals surface area contributed by atoms with E-state index >= 15 is 0 Å². The standard InChI is InChI=1S/C14H13N3O2/c1-17(14(15)18)12-9-5-2-3-7-11(9)19-13-10(12)6-4-8-16-13/h2-8,12H,1H3,(H2,15,18). The minimum Gasteiger partial charge on any atom is -0.438 e. The fourth-order valence-electron chi connectivity index (χ4n) is 2.31. The average molecular weight is 255 g/mol. The maximum Gasteiger partial charge on any atom is 0.315 e. The molecule has 1 aromatic carbocycles. The van der Waals surface area contributed by atoms with E-state index in [0.29, 0.717) is 11.6 Å². The second-order valence-electron chi connectivity index (χ2n) is 4.39. The molecule has 1 aromatic heterocycles. The number of para-hydroxylation sites is 1. The smallest absolute Gasteiger partial charge is 0.315 e. The molecule has 2 amide bonds. The number of carbonyl (C=O) groups excluding carboxylic acids is 1. The number of carbonyl (C=O) groups is 1. The molecule has 0 radical (unpaired) electrons. The molecule has 2 heterocycles. The fraction of sp³-hybridized carbons (Fsp3) is 0.143. The minimum absolute atomic E-state index is 0.272. The van der Waals surface area contributed by atoms with Crippen molar-refractivity contribution in [3.63, 3.8) is 0 Å². The van der Waals surface area contributed by atoms with Gasteiger partial charge in [0.05, 0.1) is 6.04 Å². The summed E-state index contributed by atoms with van der Waals surface area (Å²) in [5, 5.41) is 0. The summed E-state index contributed by atoms with van der Waals surface area (Å²) in [4.78, 5) is 17.2. The van der Waals surface area contributed by atoms with Crippen LogP contribution in [-0.4, -0.2) is 23.0 Å². The molecule has 0 saturated heterocycles. The van der Waals surface area contributed by atoms with Gasteiger partial charge in [-0.05, 0) is 18.2 Å². The van der Waals surface area contributed by atoms with E-state index in [1.807, 2.05) is 36.4 Å². The SMILES string of the molecule is CN(C(N)=O)C1c2ccccc2Oc2ncccc21. The highest BCUT2D eigenvalue weighted by Gasteiger charge is 2.32. The quantitative estimate of drug-likeness (QED) is 0.850. The third kappa shape index (κ3) is 1.79. The summed E-state index contributed by atoms with van der Waals surface area (Å²) in [5.74, 6) is 1.21. The molecule has 2 aromatic rings. The highest BCUT2D eigenvalue weighted by molar-refractivity contribution is 5.73. The van der Waals surface area contributed by atoms with Crippen molar-refractivity contribution in [2.45, 2.75) is 6.04 Å². The van der Waals surface area contributed by atoms with Crippen molar-refractivity contribution >= 4 is 6.03 Å². The highest BCUT2D eigenvalue weighted by Crippen LogP contribution is 2.43. The Hall–Kier alpha value is -2.56. The first kappa shape index (κ1) is 11.5. The zero-order valence-electron chi connectivity index (χ0n) is 10.4. The molecule has 0 aliphatic carbocycles. The van der Waals surface area contributed by atoms with Gasteiger partial charge in [0.2, 0.25) is 5.88 Å². The summed E-state index contributed by atoms with van der Waals surface area (Å²) in [6, 6.07) is 10.5. The lowest BCUT2D eigenvalue weighted by Crippen LogP contribution is -2.37. The van der Waals surface area contributed by atoms with Gasteiger partial charge in [0.1, 0.15) is 5.75 Å². The molecule has 1 aliphatic heterocycles. The Morgan fingerprint density at radius 1 is 1.26 bits per heavy atom. The maximum atomic E-state index is 11.5. The zero-order valence-corrected chi connectivity index (χ0v) is 10.4. The minimum atomic E-state index is -0.489. The van der Waals surface area contributed by atoms with Gasteiger partial charge in [0.15, 0.2) is 0 Å². The number of amides is 2. The van der Waals surface area contributed by atoms with Gasteiger partial charge < -0.3 is 15.4 Å². The van der Waals surface area contributed by atoms with Gasteiger partial charge in [-0.2, -0.15) is 0 Å². The summed E-state index contributed by atoms with van der Waals surface area (Å²) in [6.45, 7) is 0. The highest BCUT2D eigenvalue weighted by atomic mass is 16.5. The molecule has 5 heteroatoms. The monoisotopic (exact) mass is 255 g/mol. The molecule has 2 N–H and O–H groups in total. The van der Waals surface area contributed by atoms with Crippen molar-refractivity contribution in [1.82, 2.24) is 9.88 Å². The number of hydrogen-bond donors (Lipinski definition) is 1. The largest absolute Gasteiger partial charge is 0.438 e. The lowest BCUT2D eigenvalue weighted by atomic mass is 9.95. The van der Waals surface area contributed by atoms with Gasteiger partial charge in [-0.3, -0.25) is 0 Å². The van der Waals surface area contributed by atoms with Crippen LogP contribution >= 0.6 is 0 Å². The van der Waals surface area contributed by atoms with E-state index < -0.39 is 6.03 Å². The van der Waals surface area contributed by atoms with Gasteiger partial charge in [0.25, 0.3) is 0 Å². The number of rotatable bonds is 1. The Balaban J connectivity index is 2.19. The molecule has 19 heavy (non-hydrogen) atoms. The predicted molar refractivity (Wildman–Crippen MR) is 69.9 cm³/mol. The van der Waals surface area contributed by atoms with E-state index in [-0.39, 0.29) is 6.04 Å². The molecule has 3 rings (SSSR count). The number of primary amides is 1. The van der Waals surface area contributed by atoms with Crippen LogP contribution in [0.2, 0.25) is 0 Å². The van der Waals surface area contributed by atoms with Crippen LogP contribution in [0.15, 0.2) is 42.6 Å². The van der Waals surface area contributed by atoms with E-state index in [0.717, 1.165) is 11.1 Å². The lowest BCUT2D eigenvalue weighted by Gasteiger charge is -2.32. The first-order valence-corrected chi connectivity index (χ1v) is 5.92. The van der Waals surface area contributed by atoms with E-state index in [2.05, 4.69) is 4.98 Å². The Morgan fingerprint density at radius 2 is 2.00 bits per heavy atom. The number of ether oxygens (including phenoxy) is 1. The van der Waals surface area contributed by atoms with E-state index in [1.165, 1.54) is 4.90 Å². The third-order valence-electron chi connectivity index (χ3n) is 3.25. The Labute approximate surface area is 110 Å². The fourth-order valence-corrected chi connectivity index (χ4v) is 2.31. The number of nitrogens with zero attached hydrogens (tertiary/aromatic N) is 2. The molecule has 1 aliphatic rings. The van der Waals surface area contributed by atoms with Crippen LogP contribution in [0.25, 0.3) is 0 Å². The molecule has 1 unspecified atom stereocenters. The number of nitrogens with two attached hydrogens (primary N) is 1. The van der Waals surface area contributed by atoms with Crippen LogP contribution < -0.4 is 10.5 Å². The number of pyridine rings is 1. The molecule has 1 atom stereocenters. The number of hydrogen-bond acceptors (Lipinski definition) is 3.